The molecule has 0 bridgehead atoms. The fourth-order valence-electron chi connectivity index (χ4n) is 1.69. The van der Waals surface area contributed by atoms with Gasteiger partial charge in [-0.2, -0.15) is 0 Å². The summed E-state index contributed by atoms with van der Waals surface area (Å²) < 4.78 is 5.14. The first-order valence-electron chi connectivity index (χ1n) is 4.56. The van der Waals surface area contributed by atoms with E-state index in [-0.39, 0.29) is 11.7 Å². The third kappa shape index (κ3) is 1.62. The van der Waals surface area contributed by atoms with E-state index < -0.39 is 11.6 Å². The molecular weight excluding hydrogens is 180 g/mol. The normalized spacial score (nSPS) is 30.4. The maximum absolute atomic E-state index is 11.6. The van der Waals surface area contributed by atoms with Crippen LogP contribution in [0.4, 0.5) is 0 Å². The summed E-state index contributed by atoms with van der Waals surface area (Å²) in [5, 5.41) is 0. The van der Waals surface area contributed by atoms with E-state index in [1.165, 1.54) is 13.0 Å². The Balaban J connectivity index is 2.97. The molecule has 2 unspecified atom stereocenters. The molecule has 76 valence electrons. The average Bonchev–Trinajstić information content (AvgIpc) is 2.33. The van der Waals surface area contributed by atoms with E-state index in [1.54, 1.807) is 12.2 Å². The van der Waals surface area contributed by atoms with Crippen molar-refractivity contribution in [2.45, 2.75) is 25.9 Å². The van der Waals surface area contributed by atoms with Gasteiger partial charge in [-0.3, -0.25) is 9.59 Å². The zero-order valence-corrected chi connectivity index (χ0v) is 8.45. The van der Waals surface area contributed by atoms with Gasteiger partial charge in [0.2, 0.25) is 0 Å². The molecule has 0 aromatic rings. The number of hydrogen-bond donors (Lipinski definition) is 0. The van der Waals surface area contributed by atoms with Gasteiger partial charge in [-0.05, 0) is 6.08 Å². The lowest BCUT2D eigenvalue weighted by molar-refractivity contribution is -0.165. The first-order valence-corrected chi connectivity index (χ1v) is 4.56. The van der Waals surface area contributed by atoms with Gasteiger partial charge in [0.25, 0.3) is 0 Å². The van der Waals surface area contributed by atoms with Crippen LogP contribution in [-0.2, 0) is 14.3 Å². The maximum atomic E-state index is 11.6. The zero-order chi connectivity index (χ0) is 10.8. The summed E-state index contributed by atoms with van der Waals surface area (Å²) in [5.41, 5.74) is -1.03. The van der Waals surface area contributed by atoms with Crippen molar-refractivity contribution in [2.75, 3.05) is 0 Å². The number of carbonyl (C=O) groups is 2. The maximum Gasteiger partial charge on any atom is 0.303 e. The van der Waals surface area contributed by atoms with Crippen molar-refractivity contribution in [1.82, 2.24) is 0 Å². The number of ketones is 1. The van der Waals surface area contributed by atoms with Crippen molar-refractivity contribution < 1.29 is 14.3 Å². The van der Waals surface area contributed by atoms with Crippen molar-refractivity contribution in [3.63, 3.8) is 0 Å². The van der Waals surface area contributed by atoms with Crippen LogP contribution in [0, 0.1) is 5.92 Å². The molecule has 0 heterocycles. The number of hydrogen-bond acceptors (Lipinski definition) is 3. The van der Waals surface area contributed by atoms with E-state index in [2.05, 4.69) is 6.58 Å². The molecule has 3 nitrogen and oxygen atoms in total. The van der Waals surface area contributed by atoms with Gasteiger partial charge in [0.1, 0.15) is 0 Å². The van der Waals surface area contributed by atoms with Crippen LogP contribution in [0.1, 0.15) is 20.3 Å². The van der Waals surface area contributed by atoms with Gasteiger partial charge >= 0.3 is 5.97 Å². The van der Waals surface area contributed by atoms with Gasteiger partial charge in [-0.25, -0.2) is 0 Å². The highest BCUT2D eigenvalue weighted by Gasteiger charge is 2.46. The Morgan fingerprint density at radius 1 is 1.79 bits per heavy atom. The minimum absolute atomic E-state index is 0.0862. The van der Waals surface area contributed by atoms with Crippen molar-refractivity contribution >= 4 is 11.8 Å². The molecule has 0 aromatic carbocycles. The number of ether oxygens (including phenoxy) is 1. The Labute approximate surface area is 83.4 Å². The molecule has 2 atom stereocenters. The van der Waals surface area contributed by atoms with Gasteiger partial charge in [-0.1, -0.05) is 19.1 Å². The molecule has 0 saturated heterocycles. The largest absolute Gasteiger partial charge is 0.450 e. The van der Waals surface area contributed by atoms with Crippen LogP contribution in [-0.4, -0.2) is 17.4 Å². The third-order valence-electron chi connectivity index (χ3n) is 2.46. The summed E-state index contributed by atoms with van der Waals surface area (Å²) in [7, 11) is 0. The van der Waals surface area contributed by atoms with E-state index in [0.717, 1.165) is 0 Å². The lowest BCUT2D eigenvalue weighted by atomic mass is 9.87. The minimum atomic E-state index is -1.03. The van der Waals surface area contributed by atoms with E-state index in [4.69, 9.17) is 4.74 Å². The number of carbonyl (C=O) groups excluding carboxylic acids is 2. The van der Waals surface area contributed by atoms with Crippen molar-refractivity contribution in [1.29, 1.82) is 0 Å². The van der Waals surface area contributed by atoms with Crippen LogP contribution in [0.3, 0.4) is 0 Å². The fraction of sp³-hybridized carbons (Fsp3) is 0.455. The van der Waals surface area contributed by atoms with Gasteiger partial charge in [0.05, 0.1) is 0 Å². The molecule has 0 radical (unpaired) electrons. The van der Waals surface area contributed by atoms with Crippen molar-refractivity contribution in [2.24, 2.45) is 5.92 Å². The second-order valence-electron chi connectivity index (χ2n) is 3.49. The Morgan fingerprint density at radius 3 is 2.79 bits per heavy atom. The highest BCUT2D eigenvalue weighted by atomic mass is 16.6. The summed E-state index contributed by atoms with van der Waals surface area (Å²) >= 11 is 0. The molecule has 1 aliphatic rings. The highest BCUT2D eigenvalue weighted by molar-refractivity contribution is 6.01. The molecule has 1 aliphatic carbocycles. The Morgan fingerprint density at radius 2 is 2.43 bits per heavy atom. The quantitative estimate of drug-likeness (QED) is 0.506. The molecular formula is C11H14O3. The number of esters is 1. The lowest BCUT2D eigenvalue weighted by Crippen LogP contribution is -2.43. The van der Waals surface area contributed by atoms with Crippen LogP contribution < -0.4 is 0 Å². The van der Waals surface area contributed by atoms with Gasteiger partial charge in [0.15, 0.2) is 11.4 Å². The van der Waals surface area contributed by atoms with Crippen LogP contribution in [0.2, 0.25) is 0 Å². The van der Waals surface area contributed by atoms with Crippen molar-refractivity contribution in [3.05, 3.63) is 24.8 Å². The zero-order valence-electron chi connectivity index (χ0n) is 8.45. The molecule has 0 aromatic heterocycles. The predicted octanol–water partition coefficient (Wildman–Crippen LogP) is 1.64. The predicted molar refractivity (Wildman–Crippen MR) is 52.6 cm³/mol. The second-order valence-corrected chi connectivity index (χ2v) is 3.49. The SMILES string of the molecule is C=CCC1(OC(C)=O)C(=O)C=CC1C. The molecule has 0 N–H and O–H groups in total. The smallest absolute Gasteiger partial charge is 0.303 e. The van der Waals surface area contributed by atoms with Crippen LogP contribution in [0.25, 0.3) is 0 Å². The number of rotatable bonds is 3. The summed E-state index contributed by atoms with van der Waals surface area (Å²) in [6, 6.07) is 0. The van der Waals surface area contributed by atoms with E-state index >= 15 is 0 Å². The minimum Gasteiger partial charge on any atom is -0.450 e. The fourth-order valence-corrected chi connectivity index (χ4v) is 1.69. The van der Waals surface area contributed by atoms with E-state index in [1.807, 2.05) is 6.92 Å². The van der Waals surface area contributed by atoms with E-state index in [9.17, 15) is 9.59 Å². The standard InChI is InChI=1S/C11H14O3/c1-4-7-11(14-9(3)12)8(2)5-6-10(11)13/h4-6,8H,1,7H2,2-3H3. The third-order valence-corrected chi connectivity index (χ3v) is 2.46. The lowest BCUT2D eigenvalue weighted by Gasteiger charge is -2.30. The molecule has 3 heteroatoms. The van der Waals surface area contributed by atoms with Gasteiger partial charge in [-0.15, -0.1) is 6.58 Å². The molecule has 0 aliphatic heterocycles. The van der Waals surface area contributed by atoms with Crippen LogP contribution in [0.15, 0.2) is 24.8 Å². The molecule has 0 amide bonds. The summed E-state index contributed by atoms with van der Waals surface area (Å²) in [5.74, 6) is -0.673. The summed E-state index contributed by atoms with van der Waals surface area (Å²) in [6.45, 7) is 6.74. The average molecular weight is 194 g/mol. The molecule has 0 spiro atoms. The highest BCUT2D eigenvalue weighted by Crippen LogP contribution is 2.34. The molecule has 0 fully saturated rings. The topological polar surface area (TPSA) is 43.4 Å². The Kier molecular flexibility index (Phi) is 2.89. The summed E-state index contributed by atoms with van der Waals surface area (Å²) in [4.78, 5) is 22.6. The van der Waals surface area contributed by atoms with Gasteiger partial charge < -0.3 is 4.74 Å². The molecule has 14 heavy (non-hydrogen) atoms. The van der Waals surface area contributed by atoms with Gasteiger partial charge in [0, 0.05) is 19.3 Å². The second kappa shape index (κ2) is 3.78. The Hall–Kier alpha value is -1.38. The van der Waals surface area contributed by atoms with Crippen LogP contribution in [0.5, 0.6) is 0 Å². The van der Waals surface area contributed by atoms with E-state index in [0.29, 0.717) is 6.42 Å². The first kappa shape index (κ1) is 10.7. The van der Waals surface area contributed by atoms with Crippen LogP contribution >= 0.6 is 0 Å². The molecule has 1 rings (SSSR count). The molecule has 0 saturated carbocycles. The van der Waals surface area contributed by atoms with Crippen molar-refractivity contribution in [3.8, 4) is 0 Å². The summed E-state index contributed by atoms with van der Waals surface area (Å²) in [6.07, 6.45) is 5.19. The Bertz CT molecular complexity index is 304. The monoisotopic (exact) mass is 194 g/mol. The first-order chi connectivity index (χ1) is 6.53.